The fourth-order valence-electron chi connectivity index (χ4n) is 1.88. The predicted octanol–water partition coefficient (Wildman–Crippen LogP) is 1.44. The van der Waals surface area contributed by atoms with E-state index in [4.69, 9.17) is 22.2 Å². The third-order valence-electron chi connectivity index (χ3n) is 3.47. The summed E-state index contributed by atoms with van der Waals surface area (Å²) < 4.78 is 7.28. The van der Waals surface area contributed by atoms with Crippen molar-refractivity contribution in [1.29, 1.82) is 0 Å². The minimum absolute atomic E-state index is 0.0416. The summed E-state index contributed by atoms with van der Waals surface area (Å²) >= 11 is 6.33. The van der Waals surface area contributed by atoms with Crippen molar-refractivity contribution in [3.8, 4) is 0 Å². The Labute approximate surface area is 114 Å². The number of aryl methyl sites for hydroxylation is 2. The highest BCUT2D eigenvalue weighted by Crippen LogP contribution is 2.25. The number of ether oxygens (including phenoxy) is 1. The summed E-state index contributed by atoms with van der Waals surface area (Å²) in [5, 5.41) is 5.13. The van der Waals surface area contributed by atoms with E-state index in [0.29, 0.717) is 6.42 Å². The maximum absolute atomic E-state index is 6.33. The first-order valence-electron chi connectivity index (χ1n) is 6.08. The molecule has 104 valence electrons. The second-order valence-electron chi connectivity index (χ2n) is 4.92. The average Bonchev–Trinajstić information content (AvgIpc) is 2.61. The third-order valence-corrected chi connectivity index (χ3v) is 3.90. The van der Waals surface area contributed by atoms with Crippen LogP contribution in [0.25, 0.3) is 0 Å². The number of hydrogen-bond donors (Lipinski definition) is 2. The molecule has 0 fully saturated rings. The number of rotatable bonds is 6. The lowest BCUT2D eigenvalue weighted by atomic mass is 9.94. The van der Waals surface area contributed by atoms with Crippen molar-refractivity contribution in [2.24, 2.45) is 12.9 Å². The first-order chi connectivity index (χ1) is 8.37. The molecular weight excluding hydrogens is 252 g/mol. The number of nitrogens with zero attached hydrogens (tertiary/aromatic N) is 2. The van der Waals surface area contributed by atoms with E-state index in [2.05, 4.69) is 10.5 Å². The van der Waals surface area contributed by atoms with Crippen molar-refractivity contribution in [3.05, 3.63) is 16.4 Å². The Balaban J connectivity index is 2.99. The Kier molecular flexibility index (Phi) is 5.16. The topological polar surface area (TPSA) is 65.1 Å². The lowest BCUT2D eigenvalue weighted by Crippen LogP contribution is -2.52. The largest absolute Gasteiger partial charge is 0.377 e. The van der Waals surface area contributed by atoms with Crippen LogP contribution < -0.4 is 11.3 Å². The molecule has 1 aromatic rings. The predicted molar refractivity (Wildman–Crippen MR) is 73.5 cm³/mol. The second-order valence-corrected chi connectivity index (χ2v) is 5.29. The van der Waals surface area contributed by atoms with Crippen LogP contribution in [-0.4, -0.2) is 28.5 Å². The standard InChI is InChI=1S/C12H23ClN4O/c1-6-8-11(13)9(17(4)16-8)7-10(15-14)12(2,3)18-5/h10,15H,6-7,14H2,1-5H3. The molecule has 18 heavy (non-hydrogen) atoms. The van der Waals surface area contributed by atoms with Gasteiger partial charge in [-0.3, -0.25) is 16.0 Å². The minimum Gasteiger partial charge on any atom is -0.377 e. The summed E-state index contributed by atoms with van der Waals surface area (Å²) in [5.41, 5.74) is 4.31. The molecule has 0 aliphatic heterocycles. The van der Waals surface area contributed by atoms with E-state index in [0.717, 1.165) is 22.8 Å². The van der Waals surface area contributed by atoms with Crippen LogP contribution in [0.15, 0.2) is 0 Å². The van der Waals surface area contributed by atoms with Crippen LogP contribution >= 0.6 is 11.6 Å². The molecule has 0 spiro atoms. The summed E-state index contributed by atoms with van der Waals surface area (Å²) in [6, 6.07) is -0.0416. The second kappa shape index (κ2) is 6.02. The van der Waals surface area contributed by atoms with Gasteiger partial charge in [0.25, 0.3) is 0 Å². The maximum Gasteiger partial charge on any atom is 0.0850 e. The van der Waals surface area contributed by atoms with Crippen molar-refractivity contribution in [2.75, 3.05) is 7.11 Å². The van der Waals surface area contributed by atoms with Crippen molar-refractivity contribution in [3.63, 3.8) is 0 Å². The van der Waals surface area contributed by atoms with Crippen LogP contribution in [0.5, 0.6) is 0 Å². The number of nitrogens with two attached hydrogens (primary N) is 1. The van der Waals surface area contributed by atoms with Gasteiger partial charge in [-0.1, -0.05) is 18.5 Å². The Morgan fingerprint density at radius 1 is 1.56 bits per heavy atom. The molecule has 1 heterocycles. The normalized spacial score (nSPS) is 13.9. The Morgan fingerprint density at radius 2 is 2.17 bits per heavy atom. The number of methoxy groups -OCH3 is 1. The fourth-order valence-corrected chi connectivity index (χ4v) is 2.25. The highest BCUT2D eigenvalue weighted by atomic mass is 35.5. The van der Waals surface area contributed by atoms with Crippen LogP contribution in [-0.2, 0) is 24.6 Å². The van der Waals surface area contributed by atoms with Gasteiger partial charge in [-0.2, -0.15) is 5.10 Å². The molecule has 0 bridgehead atoms. The molecule has 1 rings (SSSR count). The summed E-state index contributed by atoms with van der Waals surface area (Å²) in [4.78, 5) is 0. The molecule has 0 aliphatic carbocycles. The van der Waals surface area contributed by atoms with Crippen molar-refractivity contribution < 1.29 is 4.74 Å². The smallest absolute Gasteiger partial charge is 0.0850 e. The molecule has 0 radical (unpaired) electrons. The molecule has 1 unspecified atom stereocenters. The van der Waals surface area contributed by atoms with Gasteiger partial charge < -0.3 is 4.74 Å². The van der Waals surface area contributed by atoms with Gasteiger partial charge in [0.15, 0.2) is 0 Å². The van der Waals surface area contributed by atoms with Crippen LogP contribution in [0.1, 0.15) is 32.2 Å². The van der Waals surface area contributed by atoms with Crippen LogP contribution in [0.3, 0.4) is 0 Å². The molecule has 0 aliphatic rings. The van der Waals surface area contributed by atoms with Gasteiger partial charge in [-0.05, 0) is 20.3 Å². The van der Waals surface area contributed by atoms with E-state index < -0.39 is 0 Å². The van der Waals surface area contributed by atoms with Gasteiger partial charge in [0.1, 0.15) is 0 Å². The molecule has 5 nitrogen and oxygen atoms in total. The number of hydrazine groups is 1. The lowest BCUT2D eigenvalue weighted by molar-refractivity contribution is -0.0105. The van der Waals surface area contributed by atoms with E-state index >= 15 is 0 Å². The number of aromatic nitrogens is 2. The van der Waals surface area contributed by atoms with Crippen molar-refractivity contribution >= 4 is 11.6 Å². The highest BCUT2D eigenvalue weighted by molar-refractivity contribution is 6.31. The third kappa shape index (κ3) is 3.03. The van der Waals surface area contributed by atoms with Gasteiger partial charge in [0, 0.05) is 20.6 Å². The number of hydrogen-bond acceptors (Lipinski definition) is 4. The fraction of sp³-hybridized carbons (Fsp3) is 0.750. The first-order valence-corrected chi connectivity index (χ1v) is 6.46. The summed E-state index contributed by atoms with van der Waals surface area (Å²) in [6.45, 7) is 6.01. The highest BCUT2D eigenvalue weighted by Gasteiger charge is 2.30. The zero-order valence-electron chi connectivity index (χ0n) is 11.7. The lowest BCUT2D eigenvalue weighted by Gasteiger charge is -2.32. The molecule has 1 aromatic heterocycles. The molecule has 1 atom stereocenters. The van der Waals surface area contributed by atoms with Crippen LogP contribution in [0, 0.1) is 0 Å². The van der Waals surface area contributed by atoms with E-state index in [1.807, 2.05) is 32.5 Å². The molecule has 0 saturated carbocycles. The van der Waals surface area contributed by atoms with Gasteiger partial charge in [-0.25, -0.2) is 0 Å². The maximum atomic E-state index is 6.33. The first kappa shape index (κ1) is 15.4. The Bertz CT molecular complexity index is 403. The quantitative estimate of drug-likeness (QED) is 0.609. The molecule has 3 N–H and O–H groups in total. The van der Waals surface area contributed by atoms with Gasteiger partial charge >= 0.3 is 0 Å². The van der Waals surface area contributed by atoms with E-state index in [9.17, 15) is 0 Å². The summed E-state index contributed by atoms with van der Waals surface area (Å²) in [5.74, 6) is 5.62. The van der Waals surface area contributed by atoms with E-state index in [1.165, 1.54) is 0 Å². The van der Waals surface area contributed by atoms with Gasteiger partial charge in [0.05, 0.1) is 28.1 Å². The monoisotopic (exact) mass is 274 g/mol. The van der Waals surface area contributed by atoms with Gasteiger partial charge in [-0.15, -0.1) is 0 Å². The Hall–Kier alpha value is -0.620. The average molecular weight is 275 g/mol. The molecule has 0 aromatic carbocycles. The Morgan fingerprint density at radius 3 is 2.56 bits per heavy atom. The molecule has 0 amide bonds. The summed E-state index contributed by atoms with van der Waals surface area (Å²) in [6.07, 6.45) is 1.49. The zero-order valence-corrected chi connectivity index (χ0v) is 12.5. The summed E-state index contributed by atoms with van der Waals surface area (Å²) in [7, 11) is 3.57. The van der Waals surface area contributed by atoms with E-state index in [-0.39, 0.29) is 11.6 Å². The molecular formula is C12H23ClN4O. The van der Waals surface area contributed by atoms with Crippen molar-refractivity contribution in [2.45, 2.75) is 45.3 Å². The molecule has 6 heteroatoms. The zero-order chi connectivity index (χ0) is 13.9. The van der Waals surface area contributed by atoms with E-state index in [1.54, 1.807) is 7.11 Å². The van der Waals surface area contributed by atoms with Crippen molar-refractivity contribution in [1.82, 2.24) is 15.2 Å². The molecule has 0 saturated heterocycles. The van der Waals surface area contributed by atoms with Crippen LogP contribution in [0.2, 0.25) is 5.02 Å². The number of halogens is 1. The van der Waals surface area contributed by atoms with Crippen LogP contribution in [0.4, 0.5) is 0 Å². The SMILES string of the molecule is CCc1nn(C)c(CC(NN)C(C)(C)OC)c1Cl. The van der Waals surface area contributed by atoms with Gasteiger partial charge in [0.2, 0.25) is 0 Å². The minimum atomic E-state index is -0.380. The number of nitrogens with one attached hydrogen (secondary N) is 1.